The van der Waals surface area contributed by atoms with E-state index in [2.05, 4.69) is 4.98 Å². The number of rotatable bonds is 4. The number of nitrogens with zero attached hydrogens (tertiary/aromatic N) is 1. The highest BCUT2D eigenvalue weighted by molar-refractivity contribution is 5.49. The summed E-state index contributed by atoms with van der Waals surface area (Å²) in [5, 5.41) is 10.2. The number of ether oxygens (including phenoxy) is 1. The van der Waals surface area contributed by atoms with E-state index in [1.807, 2.05) is 6.92 Å². The summed E-state index contributed by atoms with van der Waals surface area (Å²) in [6, 6.07) is 6.83. The quantitative estimate of drug-likeness (QED) is 0.878. The Balaban J connectivity index is 2.77. The van der Waals surface area contributed by atoms with Crippen molar-refractivity contribution < 1.29 is 9.84 Å². The fourth-order valence-corrected chi connectivity index (χ4v) is 2.02. The molecule has 2 aromatic rings. The van der Waals surface area contributed by atoms with Gasteiger partial charge in [0.05, 0.1) is 17.9 Å². The van der Waals surface area contributed by atoms with E-state index in [0.29, 0.717) is 24.5 Å². The largest absolute Gasteiger partial charge is 0.494 e. The van der Waals surface area contributed by atoms with Gasteiger partial charge in [-0.05, 0) is 25.5 Å². The van der Waals surface area contributed by atoms with Crippen molar-refractivity contribution in [2.24, 2.45) is 0 Å². The second-order valence-corrected chi connectivity index (χ2v) is 4.15. The predicted octanol–water partition coefficient (Wildman–Crippen LogP) is 1.19. The third-order valence-electron chi connectivity index (χ3n) is 2.94. The fourth-order valence-electron chi connectivity index (χ4n) is 2.02. The van der Waals surface area contributed by atoms with Crippen LogP contribution in [0.5, 0.6) is 11.6 Å². The molecule has 6 heteroatoms. The summed E-state index contributed by atoms with van der Waals surface area (Å²) in [5.41, 5.74) is -0.712. The summed E-state index contributed by atoms with van der Waals surface area (Å²) in [5.74, 6) is 0.106. The number of H-pyrrole nitrogens is 1. The van der Waals surface area contributed by atoms with Gasteiger partial charge in [-0.1, -0.05) is 19.1 Å². The van der Waals surface area contributed by atoms with Crippen molar-refractivity contribution in [2.75, 3.05) is 6.61 Å². The maximum absolute atomic E-state index is 12.0. The van der Waals surface area contributed by atoms with Gasteiger partial charge in [-0.25, -0.2) is 9.36 Å². The summed E-state index contributed by atoms with van der Waals surface area (Å²) in [4.78, 5) is 25.8. The first-order chi connectivity index (χ1) is 9.60. The third-order valence-corrected chi connectivity index (χ3v) is 2.94. The molecule has 6 nitrogen and oxygen atoms in total. The number of aromatic nitrogens is 2. The molecule has 1 aromatic carbocycles. The standard InChI is InChI=1S/C14H16N2O4/c1-3-9-12(17)15-14(19)16(13(9)18)10-7-5-6-8-11(10)20-4-2/h5-8,18H,3-4H2,1-2H3,(H,15,17,19). The lowest BCUT2D eigenvalue weighted by Gasteiger charge is -2.14. The second kappa shape index (κ2) is 5.64. The summed E-state index contributed by atoms with van der Waals surface area (Å²) < 4.78 is 6.49. The molecule has 1 aromatic heterocycles. The van der Waals surface area contributed by atoms with Crippen LogP contribution in [0.1, 0.15) is 19.4 Å². The van der Waals surface area contributed by atoms with Gasteiger partial charge in [0, 0.05) is 0 Å². The van der Waals surface area contributed by atoms with Crippen molar-refractivity contribution in [1.82, 2.24) is 9.55 Å². The highest BCUT2D eigenvalue weighted by Gasteiger charge is 2.16. The number of hydrogen-bond donors (Lipinski definition) is 2. The third kappa shape index (κ3) is 2.32. The minimum Gasteiger partial charge on any atom is -0.494 e. The Kier molecular flexibility index (Phi) is 3.93. The highest BCUT2D eigenvalue weighted by Crippen LogP contribution is 2.25. The van der Waals surface area contributed by atoms with Crippen molar-refractivity contribution in [2.45, 2.75) is 20.3 Å². The molecule has 2 rings (SSSR count). The van der Waals surface area contributed by atoms with Crippen LogP contribution in [0.4, 0.5) is 0 Å². The molecule has 2 N–H and O–H groups in total. The Bertz CT molecular complexity index is 731. The molecule has 1 heterocycles. The van der Waals surface area contributed by atoms with E-state index >= 15 is 0 Å². The van der Waals surface area contributed by atoms with Crippen LogP contribution in [0.25, 0.3) is 5.69 Å². The van der Waals surface area contributed by atoms with Crippen LogP contribution >= 0.6 is 0 Å². The van der Waals surface area contributed by atoms with Crippen molar-refractivity contribution in [1.29, 1.82) is 0 Å². The van der Waals surface area contributed by atoms with Gasteiger partial charge in [-0.3, -0.25) is 9.78 Å². The molecule has 0 saturated heterocycles. The average molecular weight is 276 g/mol. The Hall–Kier alpha value is -2.50. The normalized spacial score (nSPS) is 10.5. The lowest BCUT2D eigenvalue weighted by molar-refractivity contribution is 0.336. The molecule has 0 fully saturated rings. The summed E-state index contributed by atoms with van der Waals surface area (Å²) in [6.07, 6.45) is 0.318. The van der Waals surface area contributed by atoms with Crippen LogP contribution in [0, 0.1) is 0 Å². The number of nitrogens with one attached hydrogen (secondary N) is 1. The van der Waals surface area contributed by atoms with E-state index in [-0.39, 0.29) is 11.4 Å². The molecule has 0 saturated carbocycles. The van der Waals surface area contributed by atoms with Gasteiger partial charge in [-0.2, -0.15) is 0 Å². The molecule has 106 valence electrons. The summed E-state index contributed by atoms with van der Waals surface area (Å²) >= 11 is 0. The zero-order valence-corrected chi connectivity index (χ0v) is 11.3. The smallest absolute Gasteiger partial charge is 0.335 e. The van der Waals surface area contributed by atoms with Gasteiger partial charge in [0.2, 0.25) is 5.88 Å². The SMILES string of the molecule is CCOc1ccccc1-n1c(O)c(CC)c(=O)[nH]c1=O. The molecule has 0 aliphatic rings. The molecule has 0 bridgehead atoms. The van der Waals surface area contributed by atoms with Gasteiger partial charge in [-0.15, -0.1) is 0 Å². The molecule has 0 unspecified atom stereocenters. The van der Waals surface area contributed by atoms with E-state index in [0.717, 1.165) is 4.57 Å². The van der Waals surface area contributed by atoms with E-state index < -0.39 is 11.2 Å². The zero-order valence-electron chi connectivity index (χ0n) is 11.3. The minimum atomic E-state index is -0.697. The average Bonchev–Trinajstić information content (AvgIpc) is 2.41. The Morgan fingerprint density at radius 2 is 1.95 bits per heavy atom. The van der Waals surface area contributed by atoms with Crippen LogP contribution in [-0.4, -0.2) is 21.3 Å². The Morgan fingerprint density at radius 3 is 2.60 bits per heavy atom. The van der Waals surface area contributed by atoms with E-state index in [1.165, 1.54) is 0 Å². The van der Waals surface area contributed by atoms with Crippen molar-refractivity contribution in [3.63, 3.8) is 0 Å². The molecular weight excluding hydrogens is 260 g/mol. The van der Waals surface area contributed by atoms with Crippen LogP contribution in [-0.2, 0) is 6.42 Å². The summed E-state index contributed by atoms with van der Waals surface area (Å²) in [6.45, 7) is 3.98. The van der Waals surface area contributed by atoms with Gasteiger partial charge >= 0.3 is 5.69 Å². The van der Waals surface area contributed by atoms with Gasteiger partial charge in [0.25, 0.3) is 5.56 Å². The topological polar surface area (TPSA) is 84.3 Å². The molecule has 20 heavy (non-hydrogen) atoms. The Labute approximate surface area is 115 Å². The van der Waals surface area contributed by atoms with Gasteiger partial charge < -0.3 is 9.84 Å². The lowest BCUT2D eigenvalue weighted by atomic mass is 10.2. The Morgan fingerprint density at radius 1 is 1.25 bits per heavy atom. The minimum absolute atomic E-state index is 0.163. The van der Waals surface area contributed by atoms with Crippen LogP contribution in [0.2, 0.25) is 0 Å². The van der Waals surface area contributed by atoms with Crippen molar-refractivity contribution in [3.05, 3.63) is 50.7 Å². The predicted molar refractivity (Wildman–Crippen MR) is 74.9 cm³/mol. The molecule has 0 atom stereocenters. The number of aromatic amines is 1. The van der Waals surface area contributed by atoms with Crippen LogP contribution in [0.3, 0.4) is 0 Å². The van der Waals surface area contributed by atoms with Crippen LogP contribution < -0.4 is 16.0 Å². The van der Waals surface area contributed by atoms with Crippen molar-refractivity contribution >= 4 is 0 Å². The van der Waals surface area contributed by atoms with Gasteiger partial charge in [0.15, 0.2) is 0 Å². The van der Waals surface area contributed by atoms with E-state index in [4.69, 9.17) is 4.74 Å². The number of benzene rings is 1. The van der Waals surface area contributed by atoms with Crippen LogP contribution in [0.15, 0.2) is 33.9 Å². The summed E-state index contributed by atoms with van der Waals surface area (Å²) in [7, 11) is 0. The van der Waals surface area contributed by atoms with E-state index in [9.17, 15) is 14.7 Å². The lowest BCUT2D eigenvalue weighted by Crippen LogP contribution is -2.31. The van der Waals surface area contributed by atoms with E-state index in [1.54, 1.807) is 31.2 Å². The van der Waals surface area contributed by atoms with Gasteiger partial charge in [0.1, 0.15) is 5.75 Å². The fraction of sp³-hybridized carbons (Fsp3) is 0.286. The molecule has 0 aliphatic carbocycles. The maximum atomic E-state index is 12.0. The second-order valence-electron chi connectivity index (χ2n) is 4.15. The van der Waals surface area contributed by atoms with Crippen molar-refractivity contribution in [3.8, 4) is 17.3 Å². The molecular formula is C14H16N2O4. The first-order valence-electron chi connectivity index (χ1n) is 6.39. The zero-order chi connectivity index (χ0) is 14.7. The molecule has 0 amide bonds. The monoisotopic (exact) mass is 276 g/mol. The number of para-hydroxylation sites is 2. The highest BCUT2D eigenvalue weighted by atomic mass is 16.5. The number of aromatic hydroxyl groups is 1. The number of hydrogen-bond acceptors (Lipinski definition) is 4. The first kappa shape index (κ1) is 13.9. The molecule has 0 spiro atoms. The maximum Gasteiger partial charge on any atom is 0.335 e. The molecule has 0 aliphatic heterocycles. The first-order valence-corrected chi connectivity index (χ1v) is 6.39. The molecule has 0 radical (unpaired) electrons.